The highest BCUT2D eigenvalue weighted by atomic mass is 16.6. The number of aromatic nitrogens is 2. The number of fused-ring (bicyclic) bond motifs is 1. The Morgan fingerprint density at radius 3 is 3.14 bits per heavy atom. The average molecular weight is 390 g/mol. The van der Waals surface area contributed by atoms with Crippen molar-refractivity contribution in [3.63, 3.8) is 0 Å². The van der Waals surface area contributed by atoms with Crippen molar-refractivity contribution in [3.8, 4) is 6.07 Å². The van der Waals surface area contributed by atoms with Crippen molar-refractivity contribution in [2.45, 2.75) is 31.7 Å². The summed E-state index contributed by atoms with van der Waals surface area (Å²) in [5, 5.41) is 24.3. The molecule has 2 N–H and O–H groups in total. The van der Waals surface area contributed by atoms with E-state index < -0.39 is 4.92 Å². The number of pyridine rings is 1. The molecule has 148 valence electrons. The van der Waals surface area contributed by atoms with Crippen molar-refractivity contribution in [1.29, 1.82) is 5.26 Å². The van der Waals surface area contributed by atoms with Crippen molar-refractivity contribution in [3.05, 3.63) is 58.4 Å². The van der Waals surface area contributed by atoms with Crippen molar-refractivity contribution in [1.82, 2.24) is 14.9 Å². The van der Waals surface area contributed by atoms with Crippen LogP contribution >= 0.6 is 0 Å². The van der Waals surface area contributed by atoms with Gasteiger partial charge in [0.05, 0.1) is 11.0 Å². The summed E-state index contributed by atoms with van der Waals surface area (Å²) in [4.78, 5) is 20.6. The van der Waals surface area contributed by atoms with Gasteiger partial charge in [-0.15, -0.1) is 0 Å². The highest BCUT2D eigenvalue weighted by Crippen LogP contribution is 2.30. The van der Waals surface area contributed by atoms with Crippen LogP contribution in [0.25, 0.3) is 10.9 Å². The van der Waals surface area contributed by atoms with E-state index in [9.17, 15) is 10.1 Å². The normalized spacial score (nSPS) is 16.7. The molecule has 2 aromatic heterocycles. The number of hydrogen-bond donors (Lipinski definition) is 2. The van der Waals surface area contributed by atoms with Crippen LogP contribution in [-0.4, -0.2) is 38.9 Å². The predicted molar refractivity (Wildman–Crippen MR) is 111 cm³/mol. The van der Waals surface area contributed by atoms with Gasteiger partial charge in [-0.2, -0.15) is 5.26 Å². The SMILES string of the molecule is N#CCCN1CCCC1Cc1c[nH]c2ccc(Nc3ncccc3[N+](=O)[O-])cc12. The monoisotopic (exact) mass is 390 g/mol. The molecular formula is C21H22N6O2. The van der Waals surface area contributed by atoms with E-state index in [0.29, 0.717) is 12.5 Å². The van der Waals surface area contributed by atoms with Crippen molar-refractivity contribution < 1.29 is 4.92 Å². The van der Waals surface area contributed by atoms with E-state index in [4.69, 9.17) is 5.26 Å². The van der Waals surface area contributed by atoms with Gasteiger partial charge in [0.1, 0.15) is 0 Å². The maximum Gasteiger partial charge on any atom is 0.311 e. The molecule has 1 unspecified atom stereocenters. The van der Waals surface area contributed by atoms with Crippen LogP contribution in [0.4, 0.5) is 17.2 Å². The summed E-state index contributed by atoms with van der Waals surface area (Å²) >= 11 is 0. The molecule has 0 spiro atoms. The summed E-state index contributed by atoms with van der Waals surface area (Å²) < 4.78 is 0. The van der Waals surface area contributed by atoms with Gasteiger partial charge < -0.3 is 10.3 Å². The first kappa shape index (κ1) is 18.9. The van der Waals surface area contributed by atoms with E-state index in [-0.39, 0.29) is 11.5 Å². The molecule has 1 aliphatic rings. The number of nitro groups is 1. The molecule has 29 heavy (non-hydrogen) atoms. The number of nitriles is 1. The summed E-state index contributed by atoms with van der Waals surface area (Å²) in [5.41, 5.74) is 2.95. The summed E-state index contributed by atoms with van der Waals surface area (Å²) in [7, 11) is 0. The number of nitrogens with zero attached hydrogens (tertiary/aromatic N) is 4. The van der Waals surface area contributed by atoms with E-state index in [2.05, 4.69) is 26.3 Å². The number of aromatic amines is 1. The standard InChI is InChI=1S/C21H22N6O2/c22-8-3-11-26-10-2-4-17(26)12-15-14-24-19-7-6-16(13-18(15)19)25-21-20(27(28)29)5-1-9-23-21/h1,5-7,9,13-14,17,24H,2-4,10-12H2,(H,23,25). The minimum Gasteiger partial charge on any atom is -0.361 e. The quantitative estimate of drug-likeness (QED) is 0.463. The molecule has 0 amide bonds. The Hall–Kier alpha value is -3.44. The van der Waals surface area contributed by atoms with Crippen LogP contribution in [0.2, 0.25) is 0 Å². The third-order valence-corrected chi connectivity index (χ3v) is 5.48. The van der Waals surface area contributed by atoms with E-state index >= 15 is 0 Å². The highest BCUT2D eigenvalue weighted by molar-refractivity contribution is 5.87. The number of rotatable bonds is 7. The van der Waals surface area contributed by atoms with Crippen molar-refractivity contribution in [2.75, 3.05) is 18.4 Å². The van der Waals surface area contributed by atoms with E-state index in [1.165, 1.54) is 17.8 Å². The fraction of sp³-hybridized carbons (Fsp3) is 0.333. The largest absolute Gasteiger partial charge is 0.361 e. The minimum absolute atomic E-state index is 0.0546. The molecule has 0 saturated carbocycles. The fourth-order valence-corrected chi connectivity index (χ4v) is 4.07. The maximum atomic E-state index is 11.2. The number of nitrogens with one attached hydrogen (secondary N) is 2. The second-order valence-corrected chi connectivity index (χ2v) is 7.27. The van der Waals surface area contributed by atoms with Crippen LogP contribution in [0.3, 0.4) is 0 Å². The highest BCUT2D eigenvalue weighted by Gasteiger charge is 2.25. The van der Waals surface area contributed by atoms with Crippen LogP contribution in [-0.2, 0) is 6.42 Å². The Bertz CT molecular complexity index is 1070. The van der Waals surface area contributed by atoms with Crippen molar-refractivity contribution >= 4 is 28.1 Å². The number of hydrogen-bond acceptors (Lipinski definition) is 6. The van der Waals surface area contributed by atoms with Crippen LogP contribution < -0.4 is 5.32 Å². The number of benzene rings is 1. The average Bonchev–Trinajstić information content (AvgIpc) is 3.34. The second-order valence-electron chi connectivity index (χ2n) is 7.27. The lowest BCUT2D eigenvalue weighted by Gasteiger charge is -2.23. The molecule has 1 aliphatic heterocycles. The number of H-pyrrole nitrogens is 1. The van der Waals surface area contributed by atoms with Gasteiger partial charge in [0, 0.05) is 54.1 Å². The molecule has 3 heterocycles. The molecule has 1 aromatic carbocycles. The van der Waals surface area contributed by atoms with Gasteiger partial charge in [-0.3, -0.25) is 15.0 Å². The smallest absolute Gasteiger partial charge is 0.311 e. The topological polar surface area (TPSA) is 111 Å². The zero-order valence-electron chi connectivity index (χ0n) is 16.0. The van der Waals surface area contributed by atoms with E-state index in [1.807, 2.05) is 24.4 Å². The van der Waals surface area contributed by atoms with Gasteiger partial charge in [-0.25, -0.2) is 4.98 Å². The Balaban J connectivity index is 1.57. The van der Waals surface area contributed by atoms with Gasteiger partial charge in [0.2, 0.25) is 5.82 Å². The molecule has 1 fully saturated rings. The lowest BCUT2D eigenvalue weighted by atomic mass is 10.0. The Morgan fingerprint density at radius 2 is 2.31 bits per heavy atom. The molecule has 0 bridgehead atoms. The van der Waals surface area contributed by atoms with Gasteiger partial charge >= 0.3 is 5.69 Å². The summed E-state index contributed by atoms with van der Waals surface area (Å²) in [6.07, 6.45) is 7.34. The summed E-state index contributed by atoms with van der Waals surface area (Å²) in [6.45, 7) is 1.87. The fourth-order valence-electron chi connectivity index (χ4n) is 4.07. The third kappa shape index (κ3) is 4.05. The van der Waals surface area contributed by atoms with Crippen LogP contribution in [0.15, 0.2) is 42.7 Å². The third-order valence-electron chi connectivity index (χ3n) is 5.48. The first-order chi connectivity index (χ1) is 14.2. The second kappa shape index (κ2) is 8.29. The molecule has 1 atom stereocenters. The molecule has 3 aromatic rings. The van der Waals surface area contributed by atoms with Crippen LogP contribution in [0.1, 0.15) is 24.8 Å². The molecule has 0 radical (unpaired) electrons. The van der Waals surface area contributed by atoms with Crippen LogP contribution in [0.5, 0.6) is 0 Å². The number of likely N-dealkylation sites (tertiary alicyclic amines) is 1. The predicted octanol–water partition coefficient (Wildman–Crippen LogP) is 4.14. The number of anilines is 2. The first-order valence-electron chi connectivity index (χ1n) is 9.73. The Labute approximate surface area is 168 Å². The molecule has 1 saturated heterocycles. The van der Waals surface area contributed by atoms with Gasteiger partial charge in [-0.1, -0.05) is 0 Å². The van der Waals surface area contributed by atoms with Gasteiger partial charge in [0.15, 0.2) is 0 Å². The molecular weight excluding hydrogens is 368 g/mol. The van der Waals surface area contributed by atoms with E-state index in [1.54, 1.807) is 6.07 Å². The molecule has 4 rings (SSSR count). The Morgan fingerprint density at radius 1 is 1.41 bits per heavy atom. The van der Waals surface area contributed by atoms with Gasteiger partial charge in [-0.05, 0) is 55.6 Å². The Kier molecular flexibility index (Phi) is 5.40. The zero-order chi connectivity index (χ0) is 20.2. The lowest BCUT2D eigenvalue weighted by Crippen LogP contribution is -2.31. The molecule has 0 aliphatic carbocycles. The van der Waals surface area contributed by atoms with E-state index in [0.717, 1.165) is 48.9 Å². The van der Waals surface area contributed by atoms with Crippen LogP contribution in [0, 0.1) is 21.4 Å². The lowest BCUT2D eigenvalue weighted by molar-refractivity contribution is -0.384. The molecule has 8 nitrogen and oxygen atoms in total. The molecule has 8 heteroatoms. The zero-order valence-corrected chi connectivity index (χ0v) is 16.0. The summed E-state index contributed by atoms with van der Waals surface area (Å²) in [6, 6.07) is 11.5. The maximum absolute atomic E-state index is 11.2. The first-order valence-corrected chi connectivity index (χ1v) is 9.73. The van der Waals surface area contributed by atoms with Crippen molar-refractivity contribution in [2.24, 2.45) is 0 Å². The minimum atomic E-state index is -0.439. The summed E-state index contributed by atoms with van der Waals surface area (Å²) in [5.74, 6) is 0.229. The van der Waals surface area contributed by atoms with Gasteiger partial charge in [0.25, 0.3) is 0 Å².